The Morgan fingerprint density at radius 1 is 0.430 bits per heavy atom. The van der Waals surface area contributed by atoms with E-state index >= 15 is 0 Å². The molecule has 0 amide bonds. The Labute approximate surface area is 480 Å². The van der Waals surface area contributed by atoms with Crippen molar-refractivity contribution in [2.45, 2.75) is 314 Å². The molecule has 1 aliphatic heterocycles. The lowest BCUT2D eigenvalue weighted by atomic mass is 9.98. The van der Waals surface area contributed by atoms with Crippen LogP contribution in [0.2, 0.25) is 0 Å². The summed E-state index contributed by atoms with van der Waals surface area (Å²) < 4.78 is 28.5. The fourth-order valence-corrected chi connectivity index (χ4v) is 9.35. The maximum atomic E-state index is 13.2. The maximum absolute atomic E-state index is 13.2. The molecule has 0 aliphatic carbocycles. The first-order valence-electron chi connectivity index (χ1n) is 31.9. The lowest BCUT2D eigenvalue weighted by Crippen LogP contribution is -2.61. The Hall–Kier alpha value is -3.84. The zero-order chi connectivity index (χ0) is 57.5. The van der Waals surface area contributed by atoms with Crippen LogP contribution in [-0.2, 0) is 42.9 Å². The molecular formula is C67H114O12. The summed E-state index contributed by atoms with van der Waals surface area (Å²) in [4.78, 5) is 51.3. The molecule has 0 aromatic carbocycles. The van der Waals surface area contributed by atoms with Gasteiger partial charge in [-0.2, -0.15) is 0 Å². The maximum Gasteiger partial charge on any atom is 0.335 e. The molecule has 6 unspecified atom stereocenters. The second-order valence-electron chi connectivity index (χ2n) is 21.7. The van der Waals surface area contributed by atoms with Gasteiger partial charge < -0.3 is 39.0 Å². The SMILES string of the molecule is CC/C=C\C/C=C\C/C=C\CCCCCCCCCC(=O)OC1C(OCC(COC(=O)CCCCCCCCC/C=C\C/C=C\CCCCC)OC(=O)CCCCCCC/C=C\CCCCCCCC)OC(C(=O)O)C(O)C1O. The molecule has 0 aromatic heterocycles. The van der Waals surface area contributed by atoms with Crippen LogP contribution in [0.15, 0.2) is 72.9 Å². The Kier molecular flexibility index (Phi) is 50.7. The number of hydrogen-bond donors (Lipinski definition) is 3. The summed E-state index contributed by atoms with van der Waals surface area (Å²) in [5.41, 5.74) is 0. The van der Waals surface area contributed by atoms with Gasteiger partial charge in [-0.15, -0.1) is 0 Å². The quantitative estimate of drug-likeness (QED) is 0.0228. The van der Waals surface area contributed by atoms with Crippen molar-refractivity contribution in [2.75, 3.05) is 13.2 Å². The van der Waals surface area contributed by atoms with Gasteiger partial charge in [-0.1, -0.05) is 222 Å². The van der Waals surface area contributed by atoms with Crippen molar-refractivity contribution >= 4 is 23.9 Å². The van der Waals surface area contributed by atoms with E-state index in [4.69, 9.17) is 23.7 Å². The predicted octanol–water partition coefficient (Wildman–Crippen LogP) is 16.9. The Balaban J connectivity index is 2.68. The van der Waals surface area contributed by atoms with Crippen molar-refractivity contribution < 1.29 is 58.2 Å². The molecule has 6 atom stereocenters. The molecule has 454 valence electrons. The summed E-state index contributed by atoms with van der Waals surface area (Å²) in [5, 5.41) is 31.6. The minimum atomic E-state index is -1.91. The van der Waals surface area contributed by atoms with E-state index in [-0.39, 0.29) is 25.9 Å². The van der Waals surface area contributed by atoms with Gasteiger partial charge in [0.15, 0.2) is 24.6 Å². The van der Waals surface area contributed by atoms with E-state index in [9.17, 15) is 34.5 Å². The highest BCUT2D eigenvalue weighted by molar-refractivity contribution is 5.74. The van der Waals surface area contributed by atoms with Crippen LogP contribution in [0.25, 0.3) is 0 Å². The number of carbonyl (C=O) groups is 4. The van der Waals surface area contributed by atoms with E-state index < -0.39 is 67.3 Å². The number of esters is 3. The van der Waals surface area contributed by atoms with Crippen molar-refractivity contribution in [3.05, 3.63) is 72.9 Å². The van der Waals surface area contributed by atoms with Crippen LogP contribution in [0.5, 0.6) is 0 Å². The minimum absolute atomic E-state index is 0.0463. The van der Waals surface area contributed by atoms with Gasteiger partial charge in [-0.05, 0) is 109 Å². The molecule has 1 saturated heterocycles. The van der Waals surface area contributed by atoms with E-state index in [1.54, 1.807) is 0 Å². The molecule has 1 heterocycles. The van der Waals surface area contributed by atoms with Crippen molar-refractivity contribution in [3.63, 3.8) is 0 Å². The molecule has 79 heavy (non-hydrogen) atoms. The van der Waals surface area contributed by atoms with E-state index in [2.05, 4.69) is 93.7 Å². The van der Waals surface area contributed by atoms with Gasteiger partial charge in [-0.3, -0.25) is 14.4 Å². The lowest BCUT2D eigenvalue weighted by Gasteiger charge is -2.40. The van der Waals surface area contributed by atoms with E-state index in [1.165, 1.54) is 77.0 Å². The van der Waals surface area contributed by atoms with Gasteiger partial charge >= 0.3 is 23.9 Å². The predicted molar refractivity (Wildman–Crippen MR) is 322 cm³/mol. The standard InChI is InChI=1S/C67H114O12/c1-4-7-10-13-16-19-22-25-28-30-33-35-38-41-44-47-50-53-59(68)75-56-58(77-60(69)54-51-48-45-42-39-36-32-27-24-21-18-15-12-9-6-3)57-76-67-65(63(72)62(71)64(79-67)66(73)74)78-61(70)55-52-49-46-43-40-37-34-31-29-26-23-20-17-14-11-8-5-2/h8,11,16-17,19-20,25-29,32,58,62-65,67,71-72H,4-7,9-10,12-15,18,21-24,30-31,33-57H2,1-3H3,(H,73,74)/b11-8-,19-16-,20-17-,28-25-,29-26-,32-27-. The zero-order valence-electron chi connectivity index (χ0n) is 50.1. The second kappa shape index (κ2) is 54.7. The van der Waals surface area contributed by atoms with Crippen molar-refractivity contribution in [1.29, 1.82) is 0 Å². The number of carbonyl (C=O) groups excluding carboxylic acids is 3. The normalized spacial score (nSPS) is 18.3. The van der Waals surface area contributed by atoms with Crippen molar-refractivity contribution in [2.24, 2.45) is 0 Å². The van der Waals surface area contributed by atoms with Crippen LogP contribution in [0.4, 0.5) is 0 Å². The number of rotatable bonds is 54. The third-order valence-corrected chi connectivity index (χ3v) is 14.2. The molecule has 0 bridgehead atoms. The van der Waals surface area contributed by atoms with Crippen molar-refractivity contribution in [1.82, 2.24) is 0 Å². The van der Waals surface area contributed by atoms with E-state index in [1.807, 2.05) is 0 Å². The Morgan fingerprint density at radius 2 is 0.797 bits per heavy atom. The number of allylic oxidation sites excluding steroid dienone is 12. The average Bonchev–Trinajstić information content (AvgIpc) is 3.43. The Bertz CT molecular complexity index is 1650. The smallest absolute Gasteiger partial charge is 0.335 e. The van der Waals surface area contributed by atoms with Crippen LogP contribution in [0.1, 0.15) is 278 Å². The monoisotopic (exact) mass is 1110 g/mol. The second-order valence-corrected chi connectivity index (χ2v) is 21.7. The number of unbranched alkanes of at least 4 members (excludes halogenated alkanes) is 28. The van der Waals surface area contributed by atoms with Gasteiger partial charge in [0.2, 0.25) is 0 Å². The molecule has 1 rings (SSSR count). The van der Waals surface area contributed by atoms with Crippen LogP contribution >= 0.6 is 0 Å². The number of aliphatic hydroxyl groups excluding tert-OH is 2. The molecule has 12 nitrogen and oxygen atoms in total. The van der Waals surface area contributed by atoms with Gasteiger partial charge in [0, 0.05) is 19.3 Å². The molecule has 3 N–H and O–H groups in total. The fraction of sp³-hybridized carbons (Fsp3) is 0.761. The van der Waals surface area contributed by atoms with Gasteiger partial charge in [0.05, 0.1) is 6.61 Å². The first-order valence-corrected chi connectivity index (χ1v) is 31.9. The highest BCUT2D eigenvalue weighted by Gasteiger charge is 2.50. The Morgan fingerprint density at radius 3 is 1.25 bits per heavy atom. The average molecular weight is 1110 g/mol. The number of carboxylic acid groups (broad SMARTS) is 1. The van der Waals surface area contributed by atoms with Crippen LogP contribution in [0.3, 0.4) is 0 Å². The van der Waals surface area contributed by atoms with Crippen LogP contribution in [-0.4, -0.2) is 89.2 Å². The number of ether oxygens (including phenoxy) is 5. The summed E-state index contributed by atoms with van der Waals surface area (Å²) in [5.74, 6) is -3.14. The van der Waals surface area contributed by atoms with Crippen LogP contribution in [0, 0.1) is 0 Å². The fourth-order valence-electron chi connectivity index (χ4n) is 9.35. The van der Waals surface area contributed by atoms with Gasteiger partial charge in [0.1, 0.15) is 18.8 Å². The molecular weight excluding hydrogens is 997 g/mol. The summed E-state index contributed by atoms with van der Waals surface area (Å²) in [6.45, 7) is 5.86. The van der Waals surface area contributed by atoms with Crippen molar-refractivity contribution in [3.8, 4) is 0 Å². The number of aliphatic carboxylic acids is 1. The molecule has 0 spiro atoms. The molecule has 0 radical (unpaired) electrons. The van der Waals surface area contributed by atoms with E-state index in [0.29, 0.717) is 19.3 Å². The van der Waals surface area contributed by atoms with E-state index in [0.717, 1.165) is 141 Å². The molecule has 0 aromatic rings. The topological polar surface area (TPSA) is 175 Å². The summed E-state index contributed by atoms with van der Waals surface area (Å²) in [6.07, 6.45) is 57.1. The first kappa shape index (κ1) is 73.2. The summed E-state index contributed by atoms with van der Waals surface area (Å²) in [6, 6.07) is 0. The molecule has 1 aliphatic rings. The summed E-state index contributed by atoms with van der Waals surface area (Å²) in [7, 11) is 0. The number of hydrogen-bond acceptors (Lipinski definition) is 11. The highest BCUT2D eigenvalue weighted by atomic mass is 16.7. The highest BCUT2D eigenvalue weighted by Crippen LogP contribution is 2.26. The summed E-state index contributed by atoms with van der Waals surface area (Å²) >= 11 is 0. The molecule has 12 heteroatoms. The largest absolute Gasteiger partial charge is 0.479 e. The zero-order valence-corrected chi connectivity index (χ0v) is 50.1. The lowest BCUT2D eigenvalue weighted by molar-refractivity contribution is -0.301. The third-order valence-electron chi connectivity index (χ3n) is 14.2. The molecule has 0 saturated carbocycles. The number of carboxylic acids is 1. The van der Waals surface area contributed by atoms with Gasteiger partial charge in [-0.25, -0.2) is 4.79 Å². The third kappa shape index (κ3) is 44.5. The number of aliphatic hydroxyl groups is 2. The van der Waals surface area contributed by atoms with Crippen LogP contribution < -0.4 is 0 Å². The first-order chi connectivity index (χ1) is 38.6. The molecule has 1 fully saturated rings. The minimum Gasteiger partial charge on any atom is -0.479 e. The van der Waals surface area contributed by atoms with Gasteiger partial charge in [0.25, 0.3) is 0 Å².